The first-order valence-electron chi connectivity index (χ1n) is 13.4. The molecule has 9 heteroatoms. The Morgan fingerprint density at radius 2 is 1.97 bits per heavy atom. The third kappa shape index (κ3) is 4.27. The lowest BCUT2D eigenvalue weighted by Crippen LogP contribution is -2.47. The number of aromatic nitrogens is 2. The van der Waals surface area contributed by atoms with Gasteiger partial charge in [0.25, 0.3) is 5.56 Å². The molecule has 200 valence electrons. The molecule has 0 saturated carbocycles. The van der Waals surface area contributed by atoms with E-state index >= 15 is 0 Å². The molecule has 0 fully saturated rings. The van der Waals surface area contributed by atoms with Gasteiger partial charge in [-0.3, -0.25) is 9.59 Å². The number of carbonyl (C=O) groups is 2. The highest BCUT2D eigenvalue weighted by Gasteiger charge is 2.50. The predicted molar refractivity (Wildman–Crippen MR) is 149 cm³/mol. The molecule has 2 aromatic heterocycles. The van der Waals surface area contributed by atoms with Crippen LogP contribution in [0.25, 0.3) is 22.3 Å². The molecule has 3 aromatic rings. The maximum absolute atomic E-state index is 13.8. The van der Waals surface area contributed by atoms with E-state index in [-0.39, 0.29) is 18.6 Å². The number of aryl methyl sites for hydroxylation is 1. The van der Waals surface area contributed by atoms with Crippen molar-refractivity contribution in [3.8, 4) is 11.4 Å². The number of benzene rings is 1. The normalized spacial score (nSPS) is 18.1. The van der Waals surface area contributed by atoms with Crippen LogP contribution >= 0.6 is 0 Å². The van der Waals surface area contributed by atoms with Crippen molar-refractivity contribution >= 4 is 30.9 Å². The minimum Gasteiger partial charge on any atom is -0.457 e. The summed E-state index contributed by atoms with van der Waals surface area (Å²) in [5, 5.41) is 1.11. The van der Waals surface area contributed by atoms with E-state index in [1.807, 2.05) is 24.3 Å². The quantitative estimate of drug-likeness (QED) is 0.266. The number of para-hydroxylation sites is 1. The molecular formula is C29H35N3O5Si. The summed E-state index contributed by atoms with van der Waals surface area (Å²) in [6, 6.07) is 12.2. The summed E-state index contributed by atoms with van der Waals surface area (Å²) in [4.78, 5) is 43.8. The van der Waals surface area contributed by atoms with E-state index in [1.165, 1.54) is 18.5 Å². The first kappa shape index (κ1) is 26.3. The Bertz CT molecular complexity index is 1510. The van der Waals surface area contributed by atoms with Gasteiger partial charge in [-0.15, -0.1) is 0 Å². The SMILES string of the molecule is CCC1(OC(C)=O)C(=O)OCc2c1cc1n(c2=O)Cc2c-1nc1ccccc1c2CC[Si](C)(C)CCCN. The van der Waals surface area contributed by atoms with Crippen LogP contribution < -0.4 is 11.3 Å². The average molecular weight is 534 g/mol. The fourth-order valence-electron chi connectivity index (χ4n) is 5.97. The second-order valence-corrected chi connectivity index (χ2v) is 16.5. The standard InChI is InChI=1S/C29H35N3O5Si/c1-5-29(37-18(2)33)23-15-25-26-21(16-32(25)27(34)22(23)17-36-28(29)35)19(11-14-38(3,4)13-8-12-30)20-9-6-7-10-24(20)31-26/h6-7,9-10,15H,5,8,11-14,16-17,30H2,1-4H3. The van der Waals surface area contributed by atoms with Crippen LogP contribution in [-0.2, 0) is 44.2 Å². The number of cyclic esters (lactones) is 1. The van der Waals surface area contributed by atoms with E-state index in [4.69, 9.17) is 20.2 Å². The summed E-state index contributed by atoms with van der Waals surface area (Å²) in [6.07, 6.45) is 2.11. The van der Waals surface area contributed by atoms with Gasteiger partial charge in [0.05, 0.1) is 29.0 Å². The summed E-state index contributed by atoms with van der Waals surface area (Å²) in [5.74, 6) is -1.26. The lowest BCUT2D eigenvalue weighted by Gasteiger charge is -2.35. The number of hydrogen-bond donors (Lipinski definition) is 1. The van der Waals surface area contributed by atoms with E-state index in [2.05, 4.69) is 19.2 Å². The highest BCUT2D eigenvalue weighted by atomic mass is 28.3. The predicted octanol–water partition coefficient (Wildman–Crippen LogP) is 4.25. The van der Waals surface area contributed by atoms with Crippen molar-refractivity contribution in [1.82, 2.24) is 9.55 Å². The van der Waals surface area contributed by atoms with Gasteiger partial charge < -0.3 is 19.8 Å². The lowest BCUT2D eigenvalue weighted by atomic mass is 9.85. The number of hydrogen-bond acceptors (Lipinski definition) is 7. The van der Waals surface area contributed by atoms with Crippen molar-refractivity contribution in [2.75, 3.05) is 6.54 Å². The fraction of sp³-hybridized carbons (Fsp3) is 0.448. The van der Waals surface area contributed by atoms with Gasteiger partial charge >= 0.3 is 11.9 Å². The maximum atomic E-state index is 13.8. The fourth-order valence-corrected chi connectivity index (χ4v) is 8.31. The van der Waals surface area contributed by atoms with Crippen molar-refractivity contribution in [3.05, 3.63) is 62.9 Å². The Morgan fingerprint density at radius 3 is 2.68 bits per heavy atom. The number of esters is 2. The van der Waals surface area contributed by atoms with E-state index < -0.39 is 25.6 Å². The van der Waals surface area contributed by atoms with Gasteiger partial charge in [0.1, 0.15) is 6.61 Å². The van der Waals surface area contributed by atoms with Crippen LogP contribution in [0.15, 0.2) is 35.1 Å². The topological polar surface area (TPSA) is 114 Å². The summed E-state index contributed by atoms with van der Waals surface area (Å²) >= 11 is 0. The van der Waals surface area contributed by atoms with Crippen LogP contribution in [0.2, 0.25) is 25.2 Å². The van der Waals surface area contributed by atoms with E-state index in [0.29, 0.717) is 29.9 Å². The summed E-state index contributed by atoms with van der Waals surface area (Å²) in [5.41, 5.74) is 9.23. The zero-order valence-electron chi connectivity index (χ0n) is 22.6. The monoisotopic (exact) mass is 533 g/mol. The van der Waals surface area contributed by atoms with Crippen LogP contribution in [-0.4, -0.2) is 36.1 Å². The minimum absolute atomic E-state index is 0.143. The number of rotatable bonds is 8. The molecule has 0 amide bonds. The van der Waals surface area contributed by atoms with Crippen molar-refractivity contribution in [2.24, 2.45) is 5.73 Å². The first-order valence-corrected chi connectivity index (χ1v) is 16.8. The van der Waals surface area contributed by atoms with Gasteiger partial charge in [-0.25, -0.2) is 9.78 Å². The molecular weight excluding hydrogens is 498 g/mol. The van der Waals surface area contributed by atoms with E-state index in [9.17, 15) is 14.4 Å². The second kappa shape index (κ2) is 9.78. The van der Waals surface area contributed by atoms with Crippen LogP contribution in [0.3, 0.4) is 0 Å². The number of pyridine rings is 2. The molecule has 0 aliphatic carbocycles. The number of ether oxygens (including phenoxy) is 2. The van der Waals surface area contributed by atoms with Gasteiger partial charge in [0, 0.05) is 31.5 Å². The van der Waals surface area contributed by atoms with Crippen molar-refractivity contribution in [2.45, 2.75) is 77.0 Å². The molecule has 0 bridgehead atoms. The van der Waals surface area contributed by atoms with E-state index in [1.54, 1.807) is 11.5 Å². The molecule has 1 unspecified atom stereocenters. The molecule has 2 N–H and O–H groups in total. The Hall–Kier alpha value is -3.30. The number of carbonyl (C=O) groups excluding carboxylic acids is 2. The smallest absolute Gasteiger partial charge is 0.355 e. The van der Waals surface area contributed by atoms with Gasteiger partial charge in [-0.1, -0.05) is 50.3 Å². The van der Waals surface area contributed by atoms with Gasteiger partial charge in [0.15, 0.2) is 0 Å². The van der Waals surface area contributed by atoms with Crippen LogP contribution in [0, 0.1) is 0 Å². The maximum Gasteiger partial charge on any atom is 0.355 e. The summed E-state index contributed by atoms with van der Waals surface area (Å²) in [7, 11) is -1.46. The van der Waals surface area contributed by atoms with Crippen LogP contribution in [0.4, 0.5) is 0 Å². The highest BCUT2D eigenvalue weighted by Crippen LogP contribution is 2.42. The summed E-state index contributed by atoms with van der Waals surface area (Å²) < 4.78 is 12.7. The molecule has 2 aliphatic rings. The molecule has 5 rings (SSSR count). The highest BCUT2D eigenvalue weighted by molar-refractivity contribution is 6.77. The number of nitrogens with zero attached hydrogens (tertiary/aromatic N) is 2. The molecule has 2 aliphatic heterocycles. The minimum atomic E-state index is -1.64. The molecule has 0 radical (unpaired) electrons. The van der Waals surface area contributed by atoms with E-state index in [0.717, 1.165) is 41.0 Å². The average Bonchev–Trinajstić information content (AvgIpc) is 3.25. The molecule has 1 aromatic carbocycles. The zero-order chi connectivity index (χ0) is 27.2. The van der Waals surface area contributed by atoms with Crippen molar-refractivity contribution < 1.29 is 19.1 Å². The molecule has 0 saturated heterocycles. The van der Waals surface area contributed by atoms with Crippen molar-refractivity contribution in [3.63, 3.8) is 0 Å². The number of fused-ring (bicyclic) bond motifs is 5. The zero-order valence-corrected chi connectivity index (χ0v) is 23.6. The third-order valence-electron chi connectivity index (χ3n) is 8.11. The second-order valence-electron chi connectivity index (χ2n) is 11.2. The Morgan fingerprint density at radius 1 is 1.21 bits per heavy atom. The molecule has 0 spiro atoms. The van der Waals surface area contributed by atoms with Gasteiger partial charge in [-0.05, 0) is 43.5 Å². The summed E-state index contributed by atoms with van der Waals surface area (Å²) in [6.45, 7) is 8.81. The van der Waals surface area contributed by atoms with Crippen LogP contribution in [0.5, 0.6) is 0 Å². The Labute approximate surface area is 223 Å². The third-order valence-corrected chi connectivity index (χ3v) is 11.4. The molecule has 1 atom stereocenters. The lowest BCUT2D eigenvalue weighted by molar-refractivity contribution is -0.188. The molecule has 4 heterocycles. The van der Waals surface area contributed by atoms with Crippen molar-refractivity contribution in [1.29, 1.82) is 0 Å². The largest absolute Gasteiger partial charge is 0.457 e. The van der Waals surface area contributed by atoms with Gasteiger partial charge in [-0.2, -0.15) is 0 Å². The Kier molecular flexibility index (Phi) is 6.77. The first-order chi connectivity index (χ1) is 18.1. The Balaban J connectivity index is 1.68. The number of nitrogens with two attached hydrogens (primary N) is 1. The molecule has 8 nitrogen and oxygen atoms in total. The van der Waals surface area contributed by atoms with Crippen LogP contribution in [0.1, 0.15) is 48.9 Å². The van der Waals surface area contributed by atoms with Gasteiger partial charge in [0.2, 0.25) is 5.60 Å². The molecule has 38 heavy (non-hydrogen) atoms.